The molecule has 0 aromatic carbocycles. The van der Waals surface area contributed by atoms with Crippen LogP contribution in [0.25, 0.3) is 0 Å². The van der Waals surface area contributed by atoms with E-state index in [1.165, 1.54) is 0 Å². The van der Waals surface area contributed by atoms with Gasteiger partial charge in [-0.05, 0) is 33.2 Å². The largest absolute Gasteiger partial charge is 0.444 e. The molecular formula is C12H24N2O2. The monoisotopic (exact) mass is 228 g/mol. The van der Waals surface area contributed by atoms with E-state index >= 15 is 0 Å². The molecule has 1 saturated heterocycles. The SMILES string of the molecule is C[C@H]1CNC[C@@]1(C)CNC(=O)OC(C)(C)C. The van der Waals surface area contributed by atoms with Crippen LogP contribution >= 0.6 is 0 Å². The van der Waals surface area contributed by atoms with Gasteiger partial charge in [-0.3, -0.25) is 0 Å². The fraction of sp³-hybridized carbons (Fsp3) is 0.917. The maximum atomic E-state index is 11.5. The first-order valence-electron chi connectivity index (χ1n) is 5.90. The van der Waals surface area contributed by atoms with Crippen LogP contribution in [0.15, 0.2) is 0 Å². The second-order valence-electron chi connectivity index (χ2n) is 6.04. The molecular weight excluding hydrogens is 204 g/mol. The lowest BCUT2D eigenvalue weighted by Gasteiger charge is -2.29. The van der Waals surface area contributed by atoms with Gasteiger partial charge in [0, 0.05) is 18.5 Å². The van der Waals surface area contributed by atoms with E-state index in [0.717, 1.165) is 13.1 Å². The summed E-state index contributed by atoms with van der Waals surface area (Å²) in [7, 11) is 0. The lowest BCUT2D eigenvalue weighted by Crippen LogP contribution is -2.42. The van der Waals surface area contributed by atoms with E-state index in [9.17, 15) is 4.79 Å². The van der Waals surface area contributed by atoms with E-state index in [0.29, 0.717) is 12.5 Å². The predicted molar refractivity (Wildman–Crippen MR) is 64.4 cm³/mol. The van der Waals surface area contributed by atoms with E-state index in [-0.39, 0.29) is 11.5 Å². The highest BCUT2D eigenvalue weighted by Crippen LogP contribution is 2.29. The Morgan fingerprint density at radius 2 is 2.19 bits per heavy atom. The van der Waals surface area contributed by atoms with Crippen LogP contribution in [0, 0.1) is 11.3 Å². The minimum Gasteiger partial charge on any atom is -0.444 e. The summed E-state index contributed by atoms with van der Waals surface area (Å²) in [5.74, 6) is 0.572. The molecule has 4 heteroatoms. The maximum absolute atomic E-state index is 11.5. The minimum absolute atomic E-state index is 0.136. The molecule has 0 radical (unpaired) electrons. The van der Waals surface area contributed by atoms with Crippen molar-refractivity contribution in [2.75, 3.05) is 19.6 Å². The highest BCUT2D eigenvalue weighted by atomic mass is 16.6. The third-order valence-electron chi connectivity index (χ3n) is 3.20. The average Bonchev–Trinajstić information content (AvgIpc) is 2.42. The molecule has 0 unspecified atom stereocenters. The molecule has 0 spiro atoms. The van der Waals surface area contributed by atoms with Crippen molar-refractivity contribution in [2.45, 2.75) is 40.2 Å². The molecule has 1 amide bonds. The summed E-state index contributed by atoms with van der Waals surface area (Å²) in [4.78, 5) is 11.5. The van der Waals surface area contributed by atoms with Crippen molar-refractivity contribution < 1.29 is 9.53 Å². The zero-order chi connectivity index (χ0) is 12.4. The van der Waals surface area contributed by atoms with Crippen molar-refractivity contribution >= 4 is 6.09 Å². The van der Waals surface area contributed by atoms with Crippen molar-refractivity contribution in [1.29, 1.82) is 0 Å². The zero-order valence-electron chi connectivity index (χ0n) is 11.0. The summed E-state index contributed by atoms with van der Waals surface area (Å²) in [5.41, 5.74) is -0.290. The average molecular weight is 228 g/mol. The van der Waals surface area contributed by atoms with Gasteiger partial charge >= 0.3 is 6.09 Å². The smallest absolute Gasteiger partial charge is 0.407 e. The number of amides is 1. The fourth-order valence-electron chi connectivity index (χ4n) is 1.82. The molecule has 2 N–H and O–H groups in total. The van der Waals surface area contributed by atoms with Crippen LogP contribution in [0.1, 0.15) is 34.6 Å². The lowest BCUT2D eigenvalue weighted by molar-refractivity contribution is 0.0498. The Bertz CT molecular complexity index is 260. The molecule has 0 bridgehead atoms. The van der Waals surface area contributed by atoms with Gasteiger partial charge in [0.1, 0.15) is 5.60 Å². The quantitative estimate of drug-likeness (QED) is 0.757. The summed E-state index contributed by atoms with van der Waals surface area (Å²) in [6.45, 7) is 12.6. The van der Waals surface area contributed by atoms with Gasteiger partial charge in [-0.2, -0.15) is 0 Å². The second-order valence-corrected chi connectivity index (χ2v) is 6.04. The summed E-state index contributed by atoms with van der Waals surface area (Å²) >= 11 is 0. The Morgan fingerprint density at radius 1 is 1.56 bits per heavy atom. The normalized spacial score (nSPS) is 30.2. The number of carbonyl (C=O) groups excluding carboxylic acids is 1. The molecule has 1 aliphatic heterocycles. The molecule has 16 heavy (non-hydrogen) atoms. The van der Waals surface area contributed by atoms with Gasteiger partial charge in [-0.25, -0.2) is 4.79 Å². The van der Waals surface area contributed by atoms with Crippen molar-refractivity contribution in [2.24, 2.45) is 11.3 Å². The molecule has 1 rings (SSSR count). The van der Waals surface area contributed by atoms with Gasteiger partial charge in [0.15, 0.2) is 0 Å². The summed E-state index contributed by atoms with van der Waals surface area (Å²) < 4.78 is 5.21. The summed E-state index contributed by atoms with van der Waals surface area (Å²) in [6.07, 6.45) is -0.326. The van der Waals surface area contributed by atoms with Crippen LogP contribution in [-0.2, 0) is 4.74 Å². The summed E-state index contributed by atoms with van der Waals surface area (Å²) in [5, 5.41) is 6.19. The Balaban J connectivity index is 2.37. The number of hydrogen-bond donors (Lipinski definition) is 2. The molecule has 1 fully saturated rings. The Hall–Kier alpha value is -0.770. The third kappa shape index (κ3) is 3.67. The Morgan fingerprint density at radius 3 is 2.62 bits per heavy atom. The van der Waals surface area contributed by atoms with E-state index in [2.05, 4.69) is 24.5 Å². The van der Waals surface area contributed by atoms with Crippen LogP contribution in [-0.4, -0.2) is 31.3 Å². The van der Waals surface area contributed by atoms with Gasteiger partial charge in [0.05, 0.1) is 0 Å². The zero-order valence-corrected chi connectivity index (χ0v) is 11.0. The lowest BCUT2D eigenvalue weighted by atomic mass is 9.81. The standard InChI is InChI=1S/C12H24N2O2/c1-9-6-13-7-12(9,5)8-14-10(15)16-11(2,3)4/h9,13H,6-8H2,1-5H3,(H,14,15)/t9-,12-/m0/s1. The van der Waals surface area contributed by atoms with Gasteiger partial charge in [0.25, 0.3) is 0 Å². The van der Waals surface area contributed by atoms with E-state index < -0.39 is 5.60 Å². The molecule has 0 aliphatic carbocycles. The Labute approximate surface area is 98.1 Å². The molecule has 94 valence electrons. The third-order valence-corrected chi connectivity index (χ3v) is 3.20. The van der Waals surface area contributed by atoms with Crippen LogP contribution in [0.4, 0.5) is 4.79 Å². The predicted octanol–water partition coefficient (Wildman–Crippen LogP) is 1.76. The van der Waals surface area contributed by atoms with Gasteiger partial charge in [-0.1, -0.05) is 13.8 Å². The van der Waals surface area contributed by atoms with Crippen LogP contribution in [0.5, 0.6) is 0 Å². The number of hydrogen-bond acceptors (Lipinski definition) is 3. The van der Waals surface area contributed by atoms with E-state index in [1.807, 2.05) is 20.8 Å². The molecule has 1 heterocycles. The molecule has 0 saturated carbocycles. The van der Waals surface area contributed by atoms with Gasteiger partial charge < -0.3 is 15.4 Å². The number of ether oxygens (including phenoxy) is 1. The van der Waals surface area contributed by atoms with Crippen molar-refractivity contribution in [3.05, 3.63) is 0 Å². The van der Waals surface area contributed by atoms with E-state index in [1.54, 1.807) is 0 Å². The Kier molecular flexibility index (Phi) is 3.84. The molecule has 2 atom stereocenters. The molecule has 1 aliphatic rings. The number of carbonyl (C=O) groups is 1. The molecule has 0 aromatic heterocycles. The van der Waals surface area contributed by atoms with Crippen LogP contribution in [0.3, 0.4) is 0 Å². The highest BCUT2D eigenvalue weighted by molar-refractivity contribution is 5.67. The minimum atomic E-state index is -0.426. The topological polar surface area (TPSA) is 50.4 Å². The van der Waals surface area contributed by atoms with Crippen molar-refractivity contribution in [3.8, 4) is 0 Å². The second kappa shape index (κ2) is 4.62. The number of alkyl carbamates (subject to hydrolysis) is 1. The van der Waals surface area contributed by atoms with Gasteiger partial charge in [-0.15, -0.1) is 0 Å². The first kappa shape index (κ1) is 13.3. The fourth-order valence-corrected chi connectivity index (χ4v) is 1.82. The van der Waals surface area contributed by atoms with E-state index in [4.69, 9.17) is 4.74 Å². The molecule has 4 nitrogen and oxygen atoms in total. The van der Waals surface area contributed by atoms with Crippen molar-refractivity contribution in [1.82, 2.24) is 10.6 Å². The number of rotatable bonds is 2. The van der Waals surface area contributed by atoms with Crippen LogP contribution in [0.2, 0.25) is 0 Å². The van der Waals surface area contributed by atoms with Crippen molar-refractivity contribution in [3.63, 3.8) is 0 Å². The first-order chi connectivity index (χ1) is 7.23. The number of nitrogens with one attached hydrogen (secondary N) is 2. The first-order valence-corrected chi connectivity index (χ1v) is 5.90. The summed E-state index contributed by atoms with van der Waals surface area (Å²) in [6, 6.07) is 0. The van der Waals surface area contributed by atoms with Gasteiger partial charge in [0.2, 0.25) is 0 Å². The highest BCUT2D eigenvalue weighted by Gasteiger charge is 2.36. The van der Waals surface area contributed by atoms with Crippen LogP contribution < -0.4 is 10.6 Å². The molecule has 0 aromatic rings. The maximum Gasteiger partial charge on any atom is 0.407 e.